The lowest BCUT2D eigenvalue weighted by Crippen LogP contribution is -2.62. The van der Waals surface area contributed by atoms with Crippen molar-refractivity contribution in [1.29, 1.82) is 0 Å². The molecule has 6 rings (SSSR count). The topological polar surface area (TPSA) is 56.4 Å². The number of benzene rings is 3. The molecular weight excluding hydrogens is 497 g/mol. The molecule has 2 amide bonds. The molecule has 1 N–H and O–H groups in total. The molecule has 170 valence electrons. The first-order valence-corrected chi connectivity index (χ1v) is 12.0. The van der Waals surface area contributed by atoms with E-state index in [2.05, 4.69) is 27.0 Å². The van der Waals surface area contributed by atoms with Gasteiger partial charge in [0.1, 0.15) is 18.4 Å². The van der Waals surface area contributed by atoms with Gasteiger partial charge in [0.05, 0.1) is 6.04 Å². The quantitative estimate of drug-likeness (QED) is 0.417. The van der Waals surface area contributed by atoms with Crippen LogP contribution in [0.5, 0.6) is 0 Å². The number of nitrogens with one attached hydrogen (secondary N) is 1. The monoisotopic (exact) mass is 517 g/mol. The molecule has 5 nitrogen and oxygen atoms in total. The highest BCUT2D eigenvalue weighted by Gasteiger charge is 2.48. The number of nitrogens with zero attached hydrogens (tertiary/aromatic N) is 2. The molecule has 7 heteroatoms. The minimum absolute atomic E-state index is 0.00717. The van der Waals surface area contributed by atoms with Crippen molar-refractivity contribution >= 4 is 38.6 Å². The summed E-state index contributed by atoms with van der Waals surface area (Å²) in [6, 6.07) is 21.0. The Morgan fingerprint density at radius 1 is 1.00 bits per heavy atom. The minimum atomic E-state index is -0.600. The second kappa shape index (κ2) is 8.09. The third-order valence-corrected chi connectivity index (χ3v) is 7.29. The molecule has 0 spiro atoms. The van der Waals surface area contributed by atoms with Crippen LogP contribution in [0.3, 0.4) is 0 Å². The summed E-state index contributed by atoms with van der Waals surface area (Å²) in [6.45, 7) is 0.268. The molecule has 3 heterocycles. The Labute approximate surface area is 204 Å². The van der Waals surface area contributed by atoms with Crippen molar-refractivity contribution in [1.82, 2.24) is 14.8 Å². The van der Waals surface area contributed by atoms with Crippen molar-refractivity contribution < 1.29 is 14.0 Å². The number of para-hydroxylation sites is 1. The van der Waals surface area contributed by atoms with Gasteiger partial charge < -0.3 is 14.8 Å². The molecule has 4 aromatic rings. The van der Waals surface area contributed by atoms with E-state index in [1.807, 2.05) is 42.5 Å². The fraction of sp³-hybridized carbons (Fsp3) is 0.185. The maximum Gasteiger partial charge on any atom is 0.246 e. The summed E-state index contributed by atoms with van der Waals surface area (Å²) < 4.78 is 14.3. The van der Waals surface area contributed by atoms with Gasteiger partial charge in [-0.2, -0.15) is 0 Å². The molecule has 3 aromatic carbocycles. The molecule has 2 unspecified atom stereocenters. The Kier molecular flexibility index (Phi) is 5.03. The zero-order valence-corrected chi connectivity index (χ0v) is 19.8. The van der Waals surface area contributed by atoms with Gasteiger partial charge in [-0.05, 0) is 47.0 Å². The van der Waals surface area contributed by atoms with Gasteiger partial charge in [-0.15, -0.1) is 0 Å². The molecule has 0 aliphatic carbocycles. The van der Waals surface area contributed by atoms with Crippen LogP contribution in [0.25, 0.3) is 10.9 Å². The van der Waals surface area contributed by atoms with Crippen LogP contribution < -0.4 is 0 Å². The van der Waals surface area contributed by atoms with E-state index in [1.165, 1.54) is 12.1 Å². The molecule has 1 aromatic heterocycles. The highest BCUT2D eigenvalue weighted by Crippen LogP contribution is 2.43. The number of piperazine rings is 1. The van der Waals surface area contributed by atoms with Crippen LogP contribution in [0.2, 0.25) is 0 Å². The summed E-state index contributed by atoms with van der Waals surface area (Å²) >= 11 is 3.55. The fourth-order valence-corrected chi connectivity index (χ4v) is 5.71. The Balaban J connectivity index is 1.45. The number of aromatic nitrogens is 1. The normalized spacial score (nSPS) is 19.9. The highest BCUT2D eigenvalue weighted by atomic mass is 79.9. The van der Waals surface area contributed by atoms with E-state index in [4.69, 9.17) is 0 Å². The van der Waals surface area contributed by atoms with E-state index >= 15 is 0 Å². The maximum absolute atomic E-state index is 13.7. The molecule has 2 atom stereocenters. The molecule has 2 aliphatic rings. The fourth-order valence-electron chi connectivity index (χ4n) is 5.29. The number of carbonyl (C=O) groups excluding carboxylic acids is 2. The Bertz CT molecular complexity index is 1430. The number of aromatic amines is 1. The van der Waals surface area contributed by atoms with E-state index < -0.39 is 6.04 Å². The predicted molar refractivity (Wildman–Crippen MR) is 130 cm³/mol. The average Bonchev–Trinajstić information content (AvgIpc) is 3.21. The van der Waals surface area contributed by atoms with Crippen molar-refractivity contribution in [3.05, 3.63) is 105 Å². The van der Waals surface area contributed by atoms with Crippen molar-refractivity contribution in [3.63, 3.8) is 0 Å². The summed E-state index contributed by atoms with van der Waals surface area (Å²) in [4.78, 5) is 34.2. The molecule has 0 saturated carbocycles. The van der Waals surface area contributed by atoms with E-state index in [-0.39, 0.29) is 36.8 Å². The van der Waals surface area contributed by atoms with Crippen molar-refractivity contribution in [2.45, 2.75) is 25.0 Å². The second-order valence-electron chi connectivity index (χ2n) is 8.86. The number of halogens is 2. The van der Waals surface area contributed by atoms with Gasteiger partial charge >= 0.3 is 0 Å². The van der Waals surface area contributed by atoms with E-state index in [9.17, 15) is 14.0 Å². The van der Waals surface area contributed by atoms with E-state index in [0.717, 1.165) is 37.8 Å². The molecule has 0 bridgehead atoms. The van der Waals surface area contributed by atoms with E-state index in [0.29, 0.717) is 6.42 Å². The third kappa shape index (κ3) is 3.42. The average molecular weight is 518 g/mol. The smallest absolute Gasteiger partial charge is 0.246 e. The maximum atomic E-state index is 13.7. The van der Waals surface area contributed by atoms with Crippen molar-refractivity contribution in [2.24, 2.45) is 0 Å². The zero-order valence-electron chi connectivity index (χ0n) is 18.2. The van der Waals surface area contributed by atoms with Crippen LogP contribution in [-0.2, 0) is 22.6 Å². The lowest BCUT2D eigenvalue weighted by atomic mass is 9.86. The third-order valence-electron chi connectivity index (χ3n) is 6.79. The van der Waals surface area contributed by atoms with Gasteiger partial charge in [-0.1, -0.05) is 58.4 Å². The molecule has 1 saturated heterocycles. The summed E-state index contributed by atoms with van der Waals surface area (Å²) in [5.74, 6) is -0.507. The molecule has 1 fully saturated rings. The first kappa shape index (κ1) is 21.1. The largest absolute Gasteiger partial charge is 0.356 e. The van der Waals surface area contributed by atoms with Gasteiger partial charge in [0.25, 0.3) is 0 Å². The summed E-state index contributed by atoms with van der Waals surface area (Å²) in [7, 11) is 0. The number of hydrogen-bond donors (Lipinski definition) is 1. The van der Waals surface area contributed by atoms with Crippen LogP contribution in [-0.4, -0.2) is 39.2 Å². The van der Waals surface area contributed by atoms with Crippen LogP contribution in [0.15, 0.2) is 77.3 Å². The number of hydrogen-bond acceptors (Lipinski definition) is 2. The lowest BCUT2D eigenvalue weighted by Gasteiger charge is -2.47. The lowest BCUT2D eigenvalue weighted by molar-refractivity contribution is -0.159. The molecule has 0 radical (unpaired) electrons. The Morgan fingerprint density at radius 2 is 1.79 bits per heavy atom. The van der Waals surface area contributed by atoms with Crippen LogP contribution in [0, 0.1) is 5.82 Å². The summed E-state index contributed by atoms with van der Waals surface area (Å²) in [6.07, 6.45) is 0.453. The van der Waals surface area contributed by atoms with Crippen molar-refractivity contribution in [2.75, 3.05) is 6.54 Å². The van der Waals surface area contributed by atoms with E-state index in [1.54, 1.807) is 21.9 Å². The minimum Gasteiger partial charge on any atom is -0.356 e. The van der Waals surface area contributed by atoms with Gasteiger partial charge in [-0.25, -0.2) is 4.39 Å². The number of amides is 2. The highest BCUT2D eigenvalue weighted by molar-refractivity contribution is 9.10. The summed E-state index contributed by atoms with van der Waals surface area (Å²) in [5.41, 5.74) is 4.77. The number of carbonyl (C=O) groups is 2. The van der Waals surface area contributed by atoms with Crippen molar-refractivity contribution in [3.8, 4) is 0 Å². The van der Waals surface area contributed by atoms with Gasteiger partial charge in [0.15, 0.2) is 0 Å². The Hall–Kier alpha value is -3.45. The van der Waals surface area contributed by atoms with Gasteiger partial charge in [0.2, 0.25) is 11.8 Å². The van der Waals surface area contributed by atoms with Gasteiger partial charge in [0, 0.05) is 34.0 Å². The molecule has 34 heavy (non-hydrogen) atoms. The number of rotatable bonds is 3. The zero-order chi connectivity index (χ0) is 23.4. The second-order valence-corrected chi connectivity index (χ2v) is 9.78. The first-order chi connectivity index (χ1) is 16.5. The standard InChI is InChI=1S/C27H21BrFN3O2/c28-18-5-3-4-17(12-18)26-25-21(20-6-1-2-7-22(20)30-25)13-23-27(34)31(15-24(33)32(23)26)14-16-8-10-19(29)11-9-16/h1-12,23,26,30H,13-15H2. The van der Waals surface area contributed by atoms with Gasteiger partial charge in [-0.3, -0.25) is 9.59 Å². The molecular formula is C27H21BrFN3O2. The summed E-state index contributed by atoms with van der Waals surface area (Å²) in [5, 5.41) is 1.08. The Morgan fingerprint density at radius 3 is 2.59 bits per heavy atom. The number of fused-ring (bicyclic) bond motifs is 4. The predicted octanol–water partition coefficient (Wildman–Crippen LogP) is 4.95. The molecule has 2 aliphatic heterocycles. The van der Waals surface area contributed by atoms with Crippen LogP contribution in [0.1, 0.15) is 28.4 Å². The first-order valence-electron chi connectivity index (χ1n) is 11.2. The van der Waals surface area contributed by atoms with Crippen LogP contribution in [0.4, 0.5) is 4.39 Å². The van der Waals surface area contributed by atoms with Crippen LogP contribution >= 0.6 is 15.9 Å². The SMILES string of the molecule is O=C1C2Cc3c([nH]c4ccccc34)C(c3cccc(Br)c3)N2C(=O)CN1Cc1ccc(F)cc1. The number of H-pyrrole nitrogens is 1.